The summed E-state index contributed by atoms with van der Waals surface area (Å²) in [6.45, 7) is 1.68. The minimum Gasteiger partial charge on any atom is -0.497 e. The number of hydrogen-bond acceptors (Lipinski definition) is 4. The maximum Gasteiger partial charge on any atom is 0.326 e. The second-order valence-corrected chi connectivity index (χ2v) is 4.66. The lowest BCUT2D eigenvalue weighted by Gasteiger charge is -2.10. The second kappa shape index (κ2) is 6.80. The van der Waals surface area contributed by atoms with Crippen LogP contribution in [0.1, 0.15) is 23.9 Å². The van der Waals surface area contributed by atoms with E-state index in [1.54, 1.807) is 32.2 Å². The largest absolute Gasteiger partial charge is 0.497 e. The molecule has 116 valence electrons. The molecule has 6 heteroatoms. The first-order valence-corrected chi connectivity index (χ1v) is 6.83. The zero-order valence-corrected chi connectivity index (χ0v) is 12.3. The maximum atomic E-state index is 12.0. The summed E-state index contributed by atoms with van der Waals surface area (Å²) in [4.78, 5) is 22.9. The average molecular weight is 303 g/mol. The van der Waals surface area contributed by atoms with Crippen molar-refractivity contribution in [1.82, 2.24) is 5.32 Å². The van der Waals surface area contributed by atoms with Crippen molar-refractivity contribution in [3.05, 3.63) is 42.2 Å². The molecule has 0 radical (unpaired) electrons. The molecule has 1 aromatic heterocycles. The first kappa shape index (κ1) is 15.6. The molecule has 6 nitrogen and oxygen atoms in total. The number of carboxylic acid groups (broad SMARTS) is 1. The van der Waals surface area contributed by atoms with Gasteiger partial charge in [0.05, 0.1) is 7.11 Å². The third kappa shape index (κ3) is 3.46. The highest BCUT2D eigenvalue weighted by atomic mass is 16.5. The third-order valence-electron chi connectivity index (χ3n) is 3.22. The highest BCUT2D eigenvalue weighted by Crippen LogP contribution is 2.24. The molecule has 0 unspecified atom stereocenters. The Morgan fingerprint density at radius 3 is 2.45 bits per heavy atom. The van der Waals surface area contributed by atoms with Crippen molar-refractivity contribution in [2.45, 2.75) is 19.4 Å². The van der Waals surface area contributed by atoms with Crippen LogP contribution in [0, 0.1) is 0 Å². The molecule has 0 fully saturated rings. The Morgan fingerprint density at radius 2 is 1.91 bits per heavy atom. The SMILES string of the molecule is CC[C@H](NC(=O)c1ccc(-c2ccc(OC)cc2)o1)C(=O)O. The average Bonchev–Trinajstić information content (AvgIpc) is 3.02. The van der Waals surface area contributed by atoms with Crippen LogP contribution in [-0.2, 0) is 4.79 Å². The summed E-state index contributed by atoms with van der Waals surface area (Å²) >= 11 is 0. The van der Waals surface area contributed by atoms with Crippen molar-refractivity contribution >= 4 is 11.9 Å². The van der Waals surface area contributed by atoms with Gasteiger partial charge in [0.15, 0.2) is 5.76 Å². The van der Waals surface area contributed by atoms with Crippen molar-refractivity contribution < 1.29 is 23.8 Å². The lowest BCUT2D eigenvalue weighted by molar-refractivity contribution is -0.139. The Kier molecular flexibility index (Phi) is 4.83. The molecule has 0 bridgehead atoms. The van der Waals surface area contributed by atoms with E-state index >= 15 is 0 Å². The van der Waals surface area contributed by atoms with Gasteiger partial charge in [-0.3, -0.25) is 4.79 Å². The Labute approximate surface area is 127 Å². The summed E-state index contributed by atoms with van der Waals surface area (Å²) in [5.41, 5.74) is 0.796. The van der Waals surface area contributed by atoms with Gasteiger partial charge in [-0.05, 0) is 42.8 Å². The van der Waals surface area contributed by atoms with E-state index in [0.29, 0.717) is 12.2 Å². The molecule has 2 rings (SSSR count). The number of methoxy groups -OCH3 is 1. The number of benzene rings is 1. The normalized spacial score (nSPS) is 11.7. The van der Waals surface area contributed by atoms with E-state index in [4.69, 9.17) is 14.3 Å². The van der Waals surface area contributed by atoms with Gasteiger partial charge in [0.2, 0.25) is 0 Å². The fourth-order valence-corrected chi connectivity index (χ4v) is 1.94. The molecule has 0 aliphatic carbocycles. The van der Waals surface area contributed by atoms with Gasteiger partial charge in [-0.2, -0.15) is 0 Å². The van der Waals surface area contributed by atoms with Gasteiger partial charge in [-0.1, -0.05) is 6.92 Å². The van der Waals surface area contributed by atoms with Crippen LogP contribution < -0.4 is 10.1 Å². The Morgan fingerprint density at radius 1 is 1.23 bits per heavy atom. The Hall–Kier alpha value is -2.76. The quantitative estimate of drug-likeness (QED) is 0.856. The van der Waals surface area contributed by atoms with Crippen LogP contribution in [0.25, 0.3) is 11.3 Å². The van der Waals surface area contributed by atoms with Gasteiger partial charge in [0, 0.05) is 5.56 Å². The van der Waals surface area contributed by atoms with Crippen molar-refractivity contribution in [2.24, 2.45) is 0 Å². The summed E-state index contributed by atoms with van der Waals surface area (Å²) in [5.74, 6) is -0.297. The van der Waals surface area contributed by atoms with Crippen molar-refractivity contribution in [3.63, 3.8) is 0 Å². The number of carbonyl (C=O) groups is 2. The van der Waals surface area contributed by atoms with Crippen molar-refractivity contribution in [1.29, 1.82) is 0 Å². The molecule has 1 atom stereocenters. The van der Waals surface area contributed by atoms with Gasteiger partial charge in [-0.15, -0.1) is 0 Å². The fourth-order valence-electron chi connectivity index (χ4n) is 1.94. The van der Waals surface area contributed by atoms with Crippen LogP contribution in [0.3, 0.4) is 0 Å². The molecular formula is C16H17NO5. The number of ether oxygens (including phenoxy) is 1. The monoisotopic (exact) mass is 303 g/mol. The minimum absolute atomic E-state index is 0.0746. The maximum absolute atomic E-state index is 12.0. The number of furan rings is 1. The Balaban J connectivity index is 2.13. The molecular weight excluding hydrogens is 286 g/mol. The van der Waals surface area contributed by atoms with E-state index in [1.807, 2.05) is 12.1 Å². The van der Waals surface area contributed by atoms with Crippen LogP contribution in [0.15, 0.2) is 40.8 Å². The van der Waals surface area contributed by atoms with Gasteiger partial charge in [0.25, 0.3) is 5.91 Å². The molecule has 0 aliphatic rings. The number of hydrogen-bond donors (Lipinski definition) is 2. The number of carbonyl (C=O) groups excluding carboxylic acids is 1. The van der Waals surface area contributed by atoms with Crippen molar-refractivity contribution in [3.8, 4) is 17.1 Å². The van der Waals surface area contributed by atoms with Gasteiger partial charge in [0.1, 0.15) is 17.6 Å². The highest BCUT2D eigenvalue weighted by Gasteiger charge is 2.20. The van der Waals surface area contributed by atoms with E-state index in [2.05, 4.69) is 5.32 Å². The molecule has 1 amide bonds. The van der Waals surface area contributed by atoms with Crippen LogP contribution >= 0.6 is 0 Å². The third-order valence-corrected chi connectivity index (χ3v) is 3.22. The van der Waals surface area contributed by atoms with Gasteiger partial charge >= 0.3 is 5.97 Å². The number of carboxylic acids is 1. The number of amides is 1. The van der Waals surface area contributed by atoms with Crippen LogP contribution in [0.5, 0.6) is 5.75 Å². The Bertz CT molecular complexity index is 659. The summed E-state index contributed by atoms with van der Waals surface area (Å²) in [7, 11) is 1.58. The molecule has 0 saturated heterocycles. The predicted molar refractivity (Wildman–Crippen MR) is 79.9 cm³/mol. The summed E-state index contributed by atoms with van der Waals surface area (Å²) < 4.78 is 10.6. The summed E-state index contributed by atoms with van der Waals surface area (Å²) in [6, 6.07) is 9.45. The smallest absolute Gasteiger partial charge is 0.326 e. The number of aliphatic carboxylic acids is 1. The van der Waals surface area contributed by atoms with E-state index in [0.717, 1.165) is 11.3 Å². The number of nitrogens with one attached hydrogen (secondary N) is 1. The van der Waals surface area contributed by atoms with Crippen LogP contribution in [0.2, 0.25) is 0 Å². The highest BCUT2D eigenvalue weighted by molar-refractivity contribution is 5.94. The minimum atomic E-state index is -1.07. The standard InChI is InChI=1S/C16H17NO5/c1-3-12(16(19)20)17-15(18)14-9-8-13(22-14)10-4-6-11(21-2)7-5-10/h4-9,12H,3H2,1-2H3,(H,17,18)(H,19,20)/t12-/m0/s1. The van der Waals surface area contributed by atoms with E-state index in [1.165, 1.54) is 6.07 Å². The zero-order valence-electron chi connectivity index (χ0n) is 12.3. The molecule has 2 N–H and O–H groups in total. The molecule has 1 aromatic carbocycles. The molecule has 0 saturated carbocycles. The van der Waals surface area contributed by atoms with Crippen LogP contribution in [0.4, 0.5) is 0 Å². The van der Waals surface area contributed by atoms with Crippen LogP contribution in [-0.4, -0.2) is 30.1 Å². The summed E-state index contributed by atoms with van der Waals surface area (Å²) in [6.07, 6.45) is 0.299. The van der Waals surface area contributed by atoms with Gasteiger partial charge in [-0.25, -0.2) is 4.79 Å². The zero-order chi connectivity index (χ0) is 16.1. The summed E-state index contributed by atoms with van der Waals surface area (Å²) in [5, 5.41) is 11.4. The first-order chi connectivity index (χ1) is 10.5. The molecule has 0 spiro atoms. The first-order valence-electron chi connectivity index (χ1n) is 6.83. The topological polar surface area (TPSA) is 88.8 Å². The van der Waals surface area contributed by atoms with Crippen molar-refractivity contribution in [2.75, 3.05) is 7.11 Å². The molecule has 22 heavy (non-hydrogen) atoms. The van der Waals surface area contributed by atoms with E-state index in [9.17, 15) is 9.59 Å². The molecule has 0 aliphatic heterocycles. The lowest BCUT2D eigenvalue weighted by atomic mass is 10.2. The van der Waals surface area contributed by atoms with E-state index in [-0.39, 0.29) is 5.76 Å². The lowest BCUT2D eigenvalue weighted by Crippen LogP contribution is -2.40. The molecule has 1 heterocycles. The second-order valence-electron chi connectivity index (χ2n) is 4.66. The predicted octanol–water partition coefficient (Wildman–Crippen LogP) is 2.55. The fraction of sp³-hybridized carbons (Fsp3) is 0.250. The van der Waals surface area contributed by atoms with E-state index < -0.39 is 17.9 Å². The molecule has 2 aromatic rings. The van der Waals surface area contributed by atoms with Gasteiger partial charge < -0.3 is 19.6 Å². The number of rotatable bonds is 6.